The number of phenols is 2. The molecule has 0 saturated carbocycles. The fourth-order valence-electron chi connectivity index (χ4n) is 4.36. The summed E-state index contributed by atoms with van der Waals surface area (Å²) < 4.78 is 76.7. The van der Waals surface area contributed by atoms with Crippen molar-refractivity contribution in [2.75, 3.05) is 21.3 Å². The summed E-state index contributed by atoms with van der Waals surface area (Å²) in [6.45, 7) is 0. The van der Waals surface area contributed by atoms with Crippen molar-refractivity contribution in [2.45, 2.75) is 12.4 Å². The predicted molar refractivity (Wildman–Crippen MR) is 180 cm³/mol. The maximum Gasteiger partial charge on any atom is 0.420 e. The molecule has 260 valence electrons. The van der Waals surface area contributed by atoms with Gasteiger partial charge in [0.2, 0.25) is 0 Å². The third kappa shape index (κ3) is 9.51. The first kappa shape index (κ1) is 37.2. The number of carbonyl (C=O) groups excluding carboxylic acids is 2. The quantitative estimate of drug-likeness (QED) is 0.0794. The van der Waals surface area contributed by atoms with Gasteiger partial charge in [-0.05, 0) is 48.0 Å². The molecule has 0 aliphatic rings. The van der Waals surface area contributed by atoms with Crippen molar-refractivity contribution in [1.29, 1.82) is 0 Å². The summed E-state index contributed by atoms with van der Waals surface area (Å²) in [4.78, 5) is 24.1. The molecule has 0 fully saturated rings. The van der Waals surface area contributed by atoms with E-state index in [0.29, 0.717) is 11.8 Å². The summed E-state index contributed by atoms with van der Waals surface area (Å²) in [5.74, 6) is -2.11. The van der Waals surface area contributed by atoms with E-state index in [0.717, 1.165) is 35.4 Å². The van der Waals surface area contributed by atoms with Gasteiger partial charge in [0.05, 0.1) is 43.9 Å². The highest BCUT2D eigenvalue weighted by molar-refractivity contribution is 6.44. The van der Waals surface area contributed by atoms with E-state index in [9.17, 15) is 46.1 Å². The van der Waals surface area contributed by atoms with Crippen LogP contribution in [0.25, 0.3) is 11.1 Å². The Morgan fingerprint density at radius 1 is 0.500 bits per heavy atom. The molecule has 4 amide bonds. The van der Waals surface area contributed by atoms with Crippen LogP contribution in [-0.2, 0) is 12.4 Å². The highest BCUT2D eigenvalue weighted by Crippen LogP contribution is 2.41. The molecule has 0 spiro atoms. The normalized spacial score (nSPS) is 11.1. The van der Waals surface area contributed by atoms with Crippen molar-refractivity contribution >= 4 is 58.0 Å². The van der Waals surface area contributed by atoms with Crippen molar-refractivity contribution in [3.8, 4) is 22.6 Å². The van der Waals surface area contributed by atoms with Gasteiger partial charge in [-0.2, -0.15) is 26.3 Å². The van der Waals surface area contributed by atoms with Crippen molar-refractivity contribution in [2.24, 2.45) is 0 Å². The average Bonchev–Trinajstić information content (AvgIpc) is 3.05. The molecule has 5 aromatic carbocycles. The van der Waals surface area contributed by atoms with Crippen molar-refractivity contribution < 1.29 is 46.1 Å². The van der Waals surface area contributed by atoms with Gasteiger partial charge in [-0.25, -0.2) is 9.59 Å². The first-order chi connectivity index (χ1) is 23.6. The molecule has 0 unspecified atom stereocenters. The van der Waals surface area contributed by atoms with Crippen LogP contribution in [0.3, 0.4) is 0 Å². The summed E-state index contributed by atoms with van der Waals surface area (Å²) in [6, 6.07) is 25.1. The largest absolute Gasteiger partial charge is 0.505 e. The number of amides is 4. The third-order valence-corrected chi connectivity index (χ3v) is 7.46. The van der Waals surface area contributed by atoms with Crippen LogP contribution < -0.4 is 21.3 Å². The van der Waals surface area contributed by atoms with Gasteiger partial charge in [-0.15, -0.1) is 0 Å². The van der Waals surface area contributed by atoms with Gasteiger partial charge in [0.15, 0.2) is 11.5 Å². The zero-order chi connectivity index (χ0) is 36.6. The Bertz CT molecular complexity index is 1990. The van der Waals surface area contributed by atoms with E-state index in [2.05, 4.69) is 21.3 Å². The van der Waals surface area contributed by atoms with Crippen molar-refractivity contribution in [3.63, 3.8) is 0 Å². The molecule has 0 radical (unpaired) electrons. The van der Waals surface area contributed by atoms with Crippen molar-refractivity contribution in [3.05, 3.63) is 130 Å². The molecule has 16 heteroatoms. The molecular formula is C34H24Cl2F6N4O4. The van der Waals surface area contributed by atoms with Crippen LogP contribution in [-0.4, -0.2) is 22.3 Å². The number of hydrogen-bond acceptors (Lipinski definition) is 4. The van der Waals surface area contributed by atoms with Crippen molar-refractivity contribution in [1.82, 2.24) is 0 Å². The lowest BCUT2D eigenvalue weighted by Gasteiger charge is -2.15. The molecule has 0 saturated heterocycles. The number of para-hydroxylation sites is 3. The van der Waals surface area contributed by atoms with Crippen LogP contribution in [0.1, 0.15) is 11.1 Å². The number of phenolic OH excluding ortho intramolecular Hbond substituents is 2. The number of hydrogen-bond donors (Lipinski definition) is 6. The number of carbonyl (C=O) groups is 2. The third-order valence-electron chi connectivity index (χ3n) is 6.64. The molecule has 5 aromatic rings. The van der Waals surface area contributed by atoms with E-state index in [1.165, 1.54) is 24.3 Å². The van der Waals surface area contributed by atoms with E-state index in [1.807, 2.05) is 42.5 Å². The van der Waals surface area contributed by atoms with Gasteiger partial charge in [-0.3, -0.25) is 0 Å². The lowest BCUT2D eigenvalue weighted by atomic mass is 10.0. The second-order valence-corrected chi connectivity index (χ2v) is 10.9. The smallest absolute Gasteiger partial charge is 0.420 e. The number of halogens is 8. The van der Waals surface area contributed by atoms with Gasteiger partial charge in [0.25, 0.3) is 0 Å². The standard InChI is InChI=1S/C20H15F3N2O2.C14H9Cl2F3N2O2/c21-20(22,23)15-10-6-12-17(18(15)26)25-19(27)24-16-11-5-4-9-14(16)13-7-2-1-3-8-13;15-8-4-2-5-9(11(8)16)20-13(23)21-10-6-1-3-7(12(10)22)14(17,18)19/h1-12,26H,(H2,24,25,27);1-6,22H,(H2,20,21,23). The zero-order valence-corrected chi connectivity index (χ0v) is 26.6. The van der Waals surface area contributed by atoms with Crippen LogP contribution in [0.5, 0.6) is 11.5 Å². The summed E-state index contributed by atoms with van der Waals surface area (Å²) >= 11 is 11.7. The maximum atomic E-state index is 12.9. The van der Waals surface area contributed by atoms with Crippen LogP contribution in [0, 0.1) is 0 Å². The molecule has 0 atom stereocenters. The van der Waals surface area contributed by atoms with Gasteiger partial charge < -0.3 is 31.5 Å². The van der Waals surface area contributed by atoms with Crippen LogP contribution >= 0.6 is 23.2 Å². The number of rotatable bonds is 5. The van der Waals surface area contributed by atoms with E-state index >= 15 is 0 Å². The fraction of sp³-hybridized carbons (Fsp3) is 0.0588. The van der Waals surface area contributed by atoms with Crippen LogP contribution in [0.4, 0.5) is 58.7 Å². The maximum absolute atomic E-state index is 12.9. The first-order valence-corrected chi connectivity index (χ1v) is 14.8. The topological polar surface area (TPSA) is 123 Å². The highest BCUT2D eigenvalue weighted by atomic mass is 35.5. The molecule has 8 nitrogen and oxygen atoms in total. The summed E-state index contributed by atoms with van der Waals surface area (Å²) in [6.07, 6.45) is -9.47. The number of aromatic hydroxyl groups is 2. The van der Waals surface area contributed by atoms with Gasteiger partial charge in [0, 0.05) is 5.56 Å². The van der Waals surface area contributed by atoms with Gasteiger partial charge in [0.1, 0.15) is 0 Å². The monoisotopic (exact) mass is 736 g/mol. The number of anilines is 4. The van der Waals surface area contributed by atoms with Crippen LogP contribution in [0.2, 0.25) is 10.0 Å². The lowest BCUT2D eigenvalue weighted by molar-refractivity contribution is -0.139. The minimum atomic E-state index is -4.74. The molecule has 50 heavy (non-hydrogen) atoms. The lowest BCUT2D eigenvalue weighted by Crippen LogP contribution is -2.20. The van der Waals surface area contributed by atoms with Crippen LogP contribution in [0.15, 0.2) is 109 Å². The molecule has 0 aromatic heterocycles. The van der Waals surface area contributed by atoms with E-state index in [1.54, 1.807) is 12.1 Å². The Balaban J connectivity index is 0.000000228. The predicted octanol–water partition coefficient (Wildman–Crippen LogP) is 11.1. The number of urea groups is 2. The Labute approximate surface area is 290 Å². The minimum Gasteiger partial charge on any atom is -0.505 e. The Hall–Kier alpha value is -5.60. The molecule has 0 aliphatic carbocycles. The molecule has 0 aliphatic heterocycles. The summed E-state index contributed by atoms with van der Waals surface area (Å²) in [5.41, 5.74) is -0.927. The average molecular weight is 737 g/mol. The number of nitrogens with one attached hydrogen (secondary N) is 4. The number of benzene rings is 5. The molecule has 5 rings (SSSR count). The molecule has 6 N–H and O–H groups in total. The summed E-state index contributed by atoms with van der Waals surface area (Å²) in [5, 5.41) is 29.0. The van der Waals surface area contributed by atoms with E-state index in [4.69, 9.17) is 23.2 Å². The molecule has 0 heterocycles. The Morgan fingerprint density at radius 3 is 1.42 bits per heavy atom. The number of alkyl halides is 6. The highest BCUT2D eigenvalue weighted by Gasteiger charge is 2.35. The fourth-order valence-corrected chi connectivity index (χ4v) is 4.71. The van der Waals surface area contributed by atoms with Gasteiger partial charge >= 0.3 is 24.4 Å². The summed E-state index contributed by atoms with van der Waals surface area (Å²) in [7, 11) is 0. The van der Waals surface area contributed by atoms with E-state index in [-0.39, 0.29) is 21.4 Å². The Kier molecular flexibility index (Phi) is 11.7. The molecular weight excluding hydrogens is 713 g/mol. The SMILES string of the molecule is O=C(Nc1cccc(C(F)(F)F)c1O)Nc1cccc(Cl)c1Cl.O=C(Nc1ccccc1-c1ccccc1)Nc1cccc(C(F)(F)F)c1O. The first-order valence-electron chi connectivity index (χ1n) is 14.1. The second-order valence-electron chi connectivity index (χ2n) is 10.1. The Morgan fingerprint density at radius 2 is 0.900 bits per heavy atom. The van der Waals surface area contributed by atoms with Gasteiger partial charge in [-0.1, -0.05) is 89.9 Å². The van der Waals surface area contributed by atoms with E-state index < -0.39 is 52.7 Å². The minimum absolute atomic E-state index is 0.0811. The molecule has 0 bridgehead atoms. The zero-order valence-electron chi connectivity index (χ0n) is 25.1. The second kappa shape index (κ2) is 15.7.